The van der Waals surface area contributed by atoms with Gasteiger partial charge >= 0.3 is 0 Å². The maximum atomic E-state index is 13.5. The van der Waals surface area contributed by atoms with Gasteiger partial charge in [-0.3, -0.25) is 9.10 Å². The van der Waals surface area contributed by atoms with Crippen molar-refractivity contribution in [1.29, 1.82) is 0 Å². The van der Waals surface area contributed by atoms with E-state index < -0.39 is 28.3 Å². The van der Waals surface area contributed by atoms with Crippen molar-refractivity contribution in [3.8, 4) is 0 Å². The van der Waals surface area contributed by atoms with Crippen molar-refractivity contribution in [3.63, 3.8) is 0 Å². The Morgan fingerprint density at radius 1 is 1.14 bits per heavy atom. The summed E-state index contributed by atoms with van der Waals surface area (Å²) in [4.78, 5) is 12.5. The molecule has 2 aromatic rings. The van der Waals surface area contributed by atoms with Gasteiger partial charge in [0.15, 0.2) is 0 Å². The molecule has 0 unspecified atom stereocenters. The molecular formula is C21H27FN2O3S. The summed E-state index contributed by atoms with van der Waals surface area (Å²) in [6.07, 6.45) is 0.986. The molecule has 0 spiro atoms. The van der Waals surface area contributed by atoms with E-state index in [4.69, 9.17) is 0 Å². The fraction of sp³-hybridized carbons (Fsp3) is 0.381. The normalized spacial score (nSPS) is 13.1. The third kappa shape index (κ3) is 5.79. The van der Waals surface area contributed by atoms with Crippen molar-refractivity contribution in [2.45, 2.75) is 39.2 Å². The van der Waals surface area contributed by atoms with Crippen molar-refractivity contribution in [1.82, 2.24) is 5.32 Å². The summed E-state index contributed by atoms with van der Waals surface area (Å²) in [6, 6.07) is 12.8. The number of hydrogen-bond acceptors (Lipinski definition) is 3. The first-order valence-corrected chi connectivity index (χ1v) is 10.9. The van der Waals surface area contributed by atoms with Crippen LogP contribution in [0.25, 0.3) is 0 Å². The molecule has 5 nitrogen and oxygen atoms in total. The van der Waals surface area contributed by atoms with Gasteiger partial charge in [0.1, 0.15) is 12.4 Å². The average molecular weight is 407 g/mol. The molecule has 0 bridgehead atoms. The molecule has 152 valence electrons. The number of carbonyl (C=O) groups is 1. The highest BCUT2D eigenvalue weighted by molar-refractivity contribution is 7.92. The van der Waals surface area contributed by atoms with Gasteiger partial charge in [-0.1, -0.05) is 51.1 Å². The van der Waals surface area contributed by atoms with E-state index in [0.717, 1.165) is 22.2 Å². The molecule has 7 heteroatoms. The van der Waals surface area contributed by atoms with Crippen LogP contribution in [0.15, 0.2) is 48.5 Å². The standard InChI is InChI=1S/C21H27FN2O3S/c1-15(16-9-11-17(12-10-16)21(2,3)4)23-20(25)14-24(28(5,26)27)19-8-6-7-18(22)13-19/h6-13,15H,14H2,1-5H3,(H,23,25)/t15-/m0/s1. The summed E-state index contributed by atoms with van der Waals surface area (Å²) in [5.74, 6) is -1.04. The summed E-state index contributed by atoms with van der Waals surface area (Å²) >= 11 is 0. The van der Waals surface area contributed by atoms with Crippen LogP contribution in [-0.4, -0.2) is 27.1 Å². The van der Waals surface area contributed by atoms with E-state index in [1.165, 1.54) is 23.8 Å². The van der Waals surface area contributed by atoms with Crippen molar-refractivity contribution < 1.29 is 17.6 Å². The zero-order valence-electron chi connectivity index (χ0n) is 16.9. The number of nitrogens with one attached hydrogen (secondary N) is 1. The summed E-state index contributed by atoms with van der Waals surface area (Å²) in [6.45, 7) is 7.78. The van der Waals surface area contributed by atoms with Gasteiger partial charge in [0.05, 0.1) is 18.0 Å². The maximum absolute atomic E-state index is 13.5. The lowest BCUT2D eigenvalue weighted by Gasteiger charge is -2.24. The minimum atomic E-state index is -3.75. The highest BCUT2D eigenvalue weighted by Crippen LogP contribution is 2.24. The molecule has 0 radical (unpaired) electrons. The van der Waals surface area contributed by atoms with Crippen LogP contribution in [0.2, 0.25) is 0 Å². The second-order valence-corrected chi connectivity index (χ2v) is 9.82. The fourth-order valence-corrected chi connectivity index (χ4v) is 3.65. The zero-order chi connectivity index (χ0) is 21.1. The number of benzene rings is 2. The van der Waals surface area contributed by atoms with Crippen molar-refractivity contribution in [2.75, 3.05) is 17.1 Å². The van der Waals surface area contributed by atoms with Crippen LogP contribution in [0.3, 0.4) is 0 Å². The predicted octanol–water partition coefficient (Wildman–Crippen LogP) is 3.77. The zero-order valence-corrected chi connectivity index (χ0v) is 17.7. The monoisotopic (exact) mass is 406 g/mol. The third-order valence-electron chi connectivity index (χ3n) is 4.44. The SMILES string of the molecule is C[C@H](NC(=O)CN(c1cccc(F)c1)S(C)(=O)=O)c1ccc(C(C)(C)C)cc1. The number of halogens is 1. The predicted molar refractivity (Wildman–Crippen MR) is 110 cm³/mol. The largest absolute Gasteiger partial charge is 0.348 e. The van der Waals surface area contributed by atoms with E-state index in [-0.39, 0.29) is 17.1 Å². The summed E-state index contributed by atoms with van der Waals surface area (Å²) in [5.41, 5.74) is 2.24. The lowest BCUT2D eigenvalue weighted by atomic mass is 9.86. The lowest BCUT2D eigenvalue weighted by Crippen LogP contribution is -2.41. The van der Waals surface area contributed by atoms with E-state index in [1.54, 1.807) is 0 Å². The number of anilines is 1. The molecule has 0 saturated carbocycles. The van der Waals surface area contributed by atoms with E-state index in [9.17, 15) is 17.6 Å². The Bertz CT molecular complexity index is 935. The molecule has 1 amide bonds. The van der Waals surface area contributed by atoms with Crippen LogP contribution < -0.4 is 9.62 Å². The molecule has 0 aromatic heterocycles. The van der Waals surface area contributed by atoms with E-state index in [2.05, 4.69) is 26.1 Å². The van der Waals surface area contributed by atoms with Crippen molar-refractivity contribution in [3.05, 3.63) is 65.5 Å². The molecule has 1 atom stereocenters. The number of rotatable bonds is 6. The molecule has 2 aromatic carbocycles. The molecule has 2 rings (SSSR count). The maximum Gasteiger partial charge on any atom is 0.241 e. The fourth-order valence-electron chi connectivity index (χ4n) is 2.80. The van der Waals surface area contributed by atoms with Gasteiger partial charge in [0.2, 0.25) is 15.9 Å². The lowest BCUT2D eigenvalue weighted by molar-refractivity contribution is -0.120. The van der Waals surface area contributed by atoms with E-state index >= 15 is 0 Å². The molecule has 1 N–H and O–H groups in total. The minimum Gasteiger partial charge on any atom is -0.348 e. The molecular weight excluding hydrogens is 379 g/mol. The number of nitrogens with zero attached hydrogens (tertiary/aromatic N) is 1. The van der Waals surface area contributed by atoms with E-state index in [1.807, 2.05) is 31.2 Å². The van der Waals surface area contributed by atoms with Gasteiger partial charge in [0, 0.05) is 0 Å². The van der Waals surface area contributed by atoms with Crippen LogP contribution in [0.4, 0.5) is 10.1 Å². The second kappa shape index (κ2) is 8.31. The third-order valence-corrected chi connectivity index (χ3v) is 5.58. The van der Waals surface area contributed by atoms with Crippen molar-refractivity contribution >= 4 is 21.6 Å². The van der Waals surface area contributed by atoms with Gasteiger partial charge in [-0.2, -0.15) is 0 Å². The number of carbonyl (C=O) groups excluding carboxylic acids is 1. The first-order valence-electron chi connectivity index (χ1n) is 9.01. The highest BCUT2D eigenvalue weighted by Gasteiger charge is 2.22. The van der Waals surface area contributed by atoms with Gasteiger partial charge < -0.3 is 5.32 Å². The first-order chi connectivity index (χ1) is 12.9. The van der Waals surface area contributed by atoms with Gasteiger partial charge in [-0.05, 0) is 41.7 Å². The Labute approximate surface area is 166 Å². The van der Waals surface area contributed by atoms with E-state index in [0.29, 0.717) is 0 Å². The van der Waals surface area contributed by atoms with Gasteiger partial charge in [-0.25, -0.2) is 12.8 Å². The Morgan fingerprint density at radius 3 is 2.25 bits per heavy atom. The molecule has 0 aliphatic carbocycles. The van der Waals surface area contributed by atoms with Crippen LogP contribution >= 0.6 is 0 Å². The summed E-state index contributed by atoms with van der Waals surface area (Å²) in [7, 11) is -3.75. The highest BCUT2D eigenvalue weighted by atomic mass is 32.2. The minimum absolute atomic E-state index is 0.0337. The first kappa shape index (κ1) is 21.9. The topological polar surface area (TPSA) is 66.5 Å². The summed E-state index contributed by atoms with van der Waals surface area (Å²) in [5, 5.41) is 2.80. The molecule has 0 aliphatic heterocycles. The average Bonchev–Trinajstić information content (AvgIpc) is 2.58. The molecule has 0 saturated heterocycles. The number of amides is 1. The summed E-state index contributed by atoms with van der Waals surface area (Å²) < 4.78 is 38.5. The van der Waals surface area contributed by atoms with Gasteiger partial charge in [-0.15, -0.1) is 0 Å². The van der Waals surface area contributed by atoms with Crippen LogP contribution in [0.5, 0.6) is 0 Å². The molecule has 0 fully saturated rings. The smallest absolute Gasteiger partial charge is 0.241 e. The molecule has 0 heterocycles. The Hall–Kier alpha value is -2.41. The van der Waals surface area contributed by atoms with Gasteiger partial charge in [0.25, 0.3) is 0 Å². The Kier molecular flexibility index (Phi) is 6.49. The second-order valence-electron chi connectivity index (χ2n) is 7.91. The van der Waals surface area contributed by atoms with Crippen LogP contribution in [0, 0.1) is 5.82 Å². The Morgan fingerprint density at radius 2 is 1.75 bits per heavy atom. The van der Waals surface area contributed by atoms with Crippen LogP contribution in [-0.2, 0) is 20.2 Å². The number of hydrogen-bond donors (Lipinski definition) is 1. The molecule has 0 aliphatic rings. The Balaban J connectivity index is 2.12. The number of sulfonamides is 1. The molecule has 28 heavy (non-hydrogen) atoms. The quantitative estimate of drug-likeness (QED) is 0.794. The van der Waals surface area contributed by atoms with Crippen LogP contribution in [0.1, 0.15) is 44.9 Å². The van der Waals surface area contributed by atoms with Crippen molar-refractivity contribution in [2.24, 2.45) is 0 Å².